The van der Waals surface area contributed by atoms with Crippen LogP contribution in [0.25, 0.3) is 0 Å². The first-order valence-corrected chi connectivity index (χ1v) is 5.97. The lowest BCUT2D eigenvalue weighted by Gasteiger charge is -2.21. The second-order valence-corrected chi connectivity index (χ2v) is 5.28. The normalized spacial score (nSPS) is 12.3. The second-order valence-electron chi connectivity index (χ2n) is 4.89. The van der Waals surface area contributed by atoms with Crippen LogP contribution in [-0.4, -0.2) is 21.5 Å². The monoisotopic (exact) mass is 297 g/mol. The number of hydrogen-bond acceptors (Lipinski definition) is 6. The molecule has 1 aromatic heterocycles. The zero-order valence-electron chi connectivity index (χ0n) is 11.1. The number of pyridine rings is 1. The Morgan fingerprint density at radius 3 is 2.60 bits per heavy atom. The van der Waals surface area contributed by atoms with E-state index in [-0.39, 0.29) is 10.8 Å². The van der Waals surface area contributed by atoms with Gasteiger partial charge in [0, 0.05) is 6.07 Å². The predicted molar refractivity (Wildman–Crippen MR) is 70.1 cm³/mol. The lowest BCUT2D eigenvalue weighted by atomic mass is 10.0. The average Bonchev–Trinajstić information content (AvgIpc) is 2.27. The first kappa shape index (κ1) is 15.9. The number of esters is 1. The molecule has 0 aliphatic rings. The van der Waals surface area contributed by atoms with E-state index in [4.69, 9.17) is 21.6 Å². The third-order valence-electron chi connectivity index (χ3n) is 2.11. The zero-order chi connectivity index (χ0) is 15.5. The molecule has 0 saturated heterocycles. The molecule has 20 heavy (non-hydrogen) atoms. The SMILES string of the molecule is CC(C)(C)OC(=O)C(C#N)c1nc(Cl)ccc1[N+](=O)[O-]. The summed E-state index contributed by atoms with van der Waals surface area (Å²) in [6.45, 7) is 4.87. The minimum atomic E-state index is -1.51. The highest BCUT2D eigenvalue weighted by Gasteiger charge is 2.33. The van der Waals surface area contributed by atoms with Crippen molar-refractivity contribution >= 4 is 23.3 Å². The number of carbonyl (C=O) groups excluding carboxylic acids is 1. The van der Waals surface area contributed by atoms with Crippen LogP contribution in [0.1, 0.15) is 32.4 Å². The van der Waals surface area contributed by atoms with Gasteiger partial charge in [-0.25, -0.2) is 4.98 Å². The van der Waals surface area contributed by atoms with Crippen molar-refractivity contribution in [3.63, 3.8) is 0 Å². The highest BCUT2D eigenvalue weighted by atomic mass is 35.5. The Bertz CT molecular complexity index is 589. The summed E-state index contributed by atoms with van der Waals surface area (Å²) in [5.41, 5.74) is -1.59. The van der Waals surface area contributed by atoms with Gasteiger partial charge in [-0.3, -0.25) is 14.9 Å². The van der Waals surface area contributed by atoms with Gasteiger partial charge in [0.25, 0.3) is 5.69 Å². The summed E-state index contributed by atoms with van der Waals surface area (Å²) < 4.78 is 5.05. The van der Waals surface area contributed by atoms with Crippen LogP contribution in [0.5, 0.6) is 0 Å². The number of hydrogen-bond donors (Lipinski definition) is 0. The number of nitro groups is 1. The van der Waals surface area contributed by atoms with Gasteiger partial charge < -0.3 is 4.74 Å². The molecule has 1 unspecified atom stereocenters. The van der Waals surface area contributed by atoms with Crippen LogP contribution in [0.3, 0.4) is 0 Å². The molecule has 0 N–H and O–H groups in total. The number of aromatic nitrogens is 1. The van der Waals surface area contributed by atoms with Crippen molar-refractivity contribution in [2.75, 3.05) is 0 Å². The molecular weight excluding hydrogens is 286 g/mol. The molecule has 0 bridgehead atoms. The molecule has 0 aliphatic carbocycles. The summed E-state index contributed by atoms with van der Waals surface area (Å²) in [4.78, 5) is 25.8. The van der Waals surface area contributed by atoms with Crippen LogP contribution in [0, 0.1) is 21.4 Å². The molecule has 0 saturated carbocycles. The fraction of sp³-hybridized carbons (Fsp3) is 0.417. The molecular formula is C12H12ClN3O4. The molecule has 0 aliphatic heterocycles. The van der Waals surface area contributed by atoms with Gasteiger partial charge >= 0.3 is 5.97 Å². The van der Waals surface area contributed by atoms with E-state index >= 15 is 0 Å². The van der Waals surface area contributed by atoms with Gasteiger partial charge in [0.1, 0.15) is 16.4 Å². The second kappa shape index (κ2) is 5.84. The number of halogens is 1. The maximum atomic E-state index is 11.9. The van der Waals surface area contributed by atoms with Crippen molar-refractivity contribution in [2.24, 2.45) is 0 Å². The van der Waals surface area contributed by atoms with Gasteiger partial charge in [0.05, 0.1) is 11.0 Å². The number of carbonyl (C=O) groups is 1. The first-order chi connectivity index (χ1) is 9.15. The maximum absolute atomic E-state index is 11.9. The summed E-state index contributed by atoms with van der Waals surface area (Å²) in [6, 6.07) is 3.97. The van der Waals surface area contributed by atoms with Crippen molar-refractivity contribution in [1.82, 2.24) is 4.98 Å². The van der Waals surface area contributed by atoms with Gasteiger partial charge in [-0.15, -0.1) is 0 Å². The summed E-state index contributed by atoms with van der Waals surface area (Å²) in [5, 5.41) is 20.0. The van der Waals surface area contributed by atoms with Crippen LogP contribution >= 0.6 is 11.6 Å². The van der Waals surface area contributed by atoms with Crippen molar-refractivity contribution < 1.29 is 14.5 Å². The third-order valence-corrected chi connectivity index (χ3v) is 2.32. The predicted octanol–water partition coefficient (Wildman–Crippen LogP) is 2.59. The minimum absolute atomic E-state index is 0.0468. The van der Waals surface area contributed by atoms with Crippen molar-refractivity contribution in [1.29, 1.82) is 5.26 Å². The highest BCUT2D eigenvalue weighted by molar-refractivity contribution is 6.29. The van der Waals surface area contributed by atoms with Gasteiger partial charge in [-0.1, -0.05) is 11.6 Å². The lowest BCUT2D eigenvalue weighted by Crippen LogP contribution is -2.28. The van der Waals surface area contributed by atoms with Gasteiger partial charge in [-0.2, -0.15) is 5.26 Å². The molecule has 1 atom stereocenters. The Balaban J connectivity index is 3.26. The van der Waals surface area contributed by atoms with Crippen LogP contribution in [-0.2, 0) is 9.53 Å². The molecule has 8 heteroatoms. The molecule has 0 amide bonds. The van der Waals surface area contributed by atoms with E-state index in [9.17, 15) is 14.9 Å². The lowest BCUT2D eigenvalue weighted by molar-refractivity contribution is -0.386. The van der Waals surface area contributed by atoms with Crippen molar-refractivity contribution in [3.05, 3.63) is 33.1 Å². The van der Waals surface area contributed by atoms with E-state index in [0.29, 0.717) is 0 Å². The molecule has 0 radical (unpaired) electrons. The van der Waals surface area contributed by atoms with Crippen LogP contribution in [0.4, 0.5) is 5.69 Å². The van der Waals surface area contributed by atoms with Gasteiger partial charge in [0.2, 0.25) is 0 Å². The Morgan fingerprint density at radius 1 is 1.55 bits per heavy atom. The van der Waals surface area contributed by atoms with Gasteiger partial charge in [0.15, 0.2) is 5.92 Å². The van der Waals surface area contributed by atoms with E-state index in [1.165, 1.54) is 6.07 Å². The molecule has 1 rings (SSSR count). The topological polar surface area (TPSA) is 106 Å². The number of ether oxygens (including phenoxy) is 1. The first-order valence-electron chi connectivity index (χ1n) is 5.59. The number of nitriles is 1. The fourth-order valence-corrected chi connectivity index (χ4v) is 1.55. The molecule has 0 aromatic carbocycles. The van der Waals surface area contributed by atoms with Crippen LogP contribution in [0.2, 0.25) is 5.15 Å². The summed E-state index contributed by atoms with van der Waals surface area (Å²) in [6.07, 6.45) is 0. The average molecular weight is 298 g/mol. The molecule has 1 heterocycles. The Morgan fingerprint density at radius 2 is 2.15 bits per heavy atom. The molecule has 0 spiro atoms. The molecule has 7 nitrogen and oxygen atoms in total. The zero-order valence-corrected chi connectivity index (χ0v) is 11.8. The van der Waals surface area contributed by atoms with Crippen molar-refractivity contribution in [3.8, 4) is 6.07 Å². The van der Waals surface area contributed by atoms with Crippen molar-refractivity contribution in [2.45, 2.75) is 32.3 Å². The number of rotatable bonds is 3. The quantitative estimate of drug-likeness (QED) is 0.367. The summed E-state index contributed by atoms with van der Waals surface area (Å²) in [7, 11) is 0. The summed E-state index contributed by atoms with van der Waals surface area (Å²) >= 11 is 5.67. The number of nitrogens with zero attached hydrogens (tertiary/aromatic N) is 3. The Hall–Kier alpha value is -2.20. The third kappa shape index (κ3) is 3.90. The smallest absolute Gasteiger partial charge is 0.330 e. The fourth-order valence-electron chi connectivity index (χ4n) is 1.40. The van der Waals surface area contributed by atoms with E-state index in [1.807, 2.05) is 0 Å². The van der Waals surface area contributed by atoms with E-state index in [2.05, 4.69) is 4.98 Å². The largest absolute Gasteiger partial charge is 0.459 e. The van der Waals surface area contributed by atoms with Gasteiger partial charge in [-0.05, 0) is 26.8 Å². The molecule has 106 valence electrons. The van der Waals surface area contributed by atoms with E-state index in [1.54, 1.807) is 26.8 Å². The maximum Gasteiger partial charge on any atom is 0.330 e. The molecule has 1 aromatic rings. The minimum Gasteiger partial charge on any atom is -0.459 e. The van der Waals surface area contributed by atoms with E-state index < -0.39 is 28.1 Å². The standard InChI is InChI=1S/C12H12ClN3O4/c1-12(2,3)20-11(17)7(6-14)10-8(16(18)19)4-5-9(13)15-10/h4-5,7H,1-3H3. The van der Waals surface area contributed by atoms with E-state index in [0.717, 1.165) is 6.07 Å². The van der Waals surface area contributed by atoms with Crippen LogP contribution < -0.4 is 0 Å². The highest BCUT2D eigenvalue weighted by Crippen LogP contribution is 2.28. The Labute approximate surface area is 120 Å². The van der Waals surface area contributed by atoms with Crippen LogP contribution in [0.15, 0.2) is 12.1 Å². The summed E-state index contributed by atoms with van der Waals surface area (Å²) in [5.74, 6) is -2.41. The Kier molecular flexibility index (Phi) is 4.63. The molecule has 0 fully saturated rings.